The summed E-state index contributed by atoms with van der Waals surface area (Å²) in [7, 11) is 0. The average molecular weight is 278 g/mol. The van der Waals surface area contributed by atoms with Crippen molar-refractivity contribution in [3.05, 3.63) is 17.7 Å². The second-order valence-electron chi connectivity index (χ2n) is 3.37. The number of H-pyrrole nitrogens is 1. The van der Waals surface area contributed by atoms with Gasteiger partial charge in [-0.25, -0.2) is 4.98 Å². The molecular formula is C8H12Cl2F3N3. The molecule has 1 aromatic rings. The molecule has 1 aliphatic heterocycles. The molecule has 0 spiro atoms. The van der Waals surface area contributed by atoms with Crippen LogP contribution in [0, 0.1) is 0 Å². The monoisotopic (exact) mass is 277 g/mol. The van der Waals surface area contributed by atoms with Crippen molar-refractivity contribution < 1.29 is 13.2 Å². The van der Waals surface area contributed by atoms with E-state index in [0.29, 0.717) is 12.4 Å². The van der Waals surface area contributed by atoms with Crippen LogP contribution in [-0.4, -0.2) is 23.1 Å². The van der Waals surface area contributed by atoms with Gasteiger partial charge in [0.25, 0.3) is 0 Å². The van der Waals surface area contributed by atoms with Gasteiger partial charge in [-0.15, -0.1) is 24.8 Å². The van der Waals surface area contributed by atoms with Crippen molar-refractivity contribution in [2.24, 2.45) is 0 Å². The Hall–Kier alpha value is -0.460. The second-order valence-corrected chi connectivity index (χ2v) is 3.37. The molecule has 1 aliphatic rings. The normalized spacial score (nSPS) is 20.1. The number of alkyl halides is 3. The number of aromatic nitrogens is 2. The van der Waals surface area contributed by atoms with Gasteiger partial charge in [0.15, 0.2) is 0 Å². The van der Waals surface area contributed by atoms with E-state index in [-0.39, 0.29) is 30.7 Å². The van der Waals surface area contributed by atoms with Crippen LogP contribution in [0.5, 0.6) is 0 Å². The molecule has 1 saturated heterocycles. The Balaban J connectivity index is 0.00000112. The topological polar surface area (TPSA) is 40.7 Å². The summed E-state index contributed by atoms with van der Waals surface area (Å²) in [6.45, 7) is 1.54. The molecule has 8 heteroatoms. The van der Waals surface area contributed by atoms with Gasteiger partial charge in [-0.2, -0.15) is 13.2 Å². The van der Waals surface area contributed by atoms with Crippen molar-refractivity contribution in [2.75, 3.05) is 13.1 Å². The Kier molecular flexibility index (Phi) is 5.58. The SMILES string of the molecule is Cl.Cl.FC(F)(F)c1cnc(C2CCNC2)[nH]1. The lowest BCUT2D eigenvalue weighted by atomic mass is 10.1. The van der Waals surface area contributed by atoms with Crippen molar-refractivity contribution in [3.63, 3.8) is 0 Å². The quantitative estimate of drug-likeness (QED) is 0.827. The molecule has 0 radical (unpaired) electrons. The van der Waals surface area contributed by atoms with Crippen LogP contribution in [0.1, 0.15) is 23.9 Å². The molecule has 16 heavy (non-hydrogen) atoms. The van der Waals surface area contributed by atoms with Crippen molar-refractivity contribution >= 4 is 24.8 Å². The van der Waals surface area contributed by atoms with Crippen LogP contribution < -0.4 is 5.32 Å². The van der Waals surface area contributed by atoms with E-state index in [4.69, 9.17) is 0 Å². The zero-order chi connectivity index (χ0) is 10.2. The Labute approximate surface area is 103 Å². The highest BCUT2D eigenvalue weighted by atomic mass is 35.5. The smallest absolute Gasteiger partial charge is 0.338 e. The van der Waals surface area contributed by atoms with Gasteiger partial charge in [0.1, 0.15) is 11.5 Å². The summed E-state index contributed by atoms with van der Waals surface area (Å²) >= 11 is 0. The predicted molar refractivity (Wildman–Crippen MR) is 58.3 cm³/mol. The molecule has 1 fully saturated rings. The predicted octanol–water partition coefficient (Wildman–Crippen LogP) is 2.35. The molecule has 0 aliphatic carbocycles. The van der Waals surface area contributed by atoms with Crippen molar-refractivity contribution in [3.8, 4) is 0 Å². The van der Waals surface area contributed by atoms with Gasteiger partial charge in [-0.1, -0.05) is 0 Å². The van der Waals surface area contributed by atoms with Crippen molar-refractivity contribution in [1.29, 1.82) is 0 Å². The summed E-state index contributed by atoms with van der Waals surface area (Å²) in [5.41, 5.74) is -0.764. The molecule has 3 nitrogen and oxygen atoms in total. The lowest BCUT2D eigenvalue weighted by Gasteiger charge is -2.04. The van der Waals surface area contributed by atoms with Gasteiger partial charge >= 0.3 is 6.18 Å². The Bertz CT molecular complexity index is 321. The third-order valence-electron chi connectivity index (χ3n) is 2.35. The highest BCUT2D eigenvalue weighted by molar-refractivity contribution is 5.85. The fourth-order valence-electron chi connectivity index (χ4n) is 1.58. The number of nitrogens with zero attached hydrogens (tertiary/aromatic N) is 1. The fraction of sp³-hybridized carbons (Fsp3) is 0.625. The first-order chi connectivity index (χ1) is 6.57. The number of halogens is 5. The number of rotatable bonds is 1. The van der Waals surface area contributed by atoms with Gasteiger partial charge < -0.3 is 10.3 Å². The highest BCUT2D eigenvalue weighted by Crippen LogP contribution is 2.29. The van der Waals surface area contributed by atoms with Crippen LogP contribution in [0.2, 0.25) is 0 Å². The van der Waals surface area contributed by atoms with E-state index in [2.05, 4.69) is 15.3 Å². The molecule has 0 amide bonds. The minimum atomic E-state index is -4.32. The lowest BCUT2D eigenvalue weighted by molar-refractivity contribution is -0.140. The van der Waals surface area contributed by atoms with Crippen LogP contribution in [0.3, 0.4) is 0 Å². The second kappa shape index (κ2) is 5.75. The Morgan fingerprint density at radius 2 is 2.00 bits per heavy atom. The minimum absolute atomic E-state index is 0. The molecular weight excluding hydrogens is 266 g/mol. The highest BCUT2D eigenvalue weighted by Gasteiger charge is 2.34. The number of nitrogens with one attached hydrogen (secondary N) is 2. The van der Waals surface area contributed by atoms with Crippen molar-refractivity contribution in [1.82, 2.24) is 15.3 Å². The summed E-state index contributed by atoms with van der Waals surface area (Å²) in [4.78, 5) is 6.07. The zero-order valence-corrected chi connectivity index (χ0v) is 9.81. The van der Waals surface area contributed by atoms with Crippen LogP contribution in [-0.2, 0) is 6.18 Å². The zero-order valence-electron chi connectivity index (χ0n) is 8.17. The third kappa shape index (κ3) is 3.26. The molecule has 94 valence electrons. The molecule has 2 heterocycles. The molecule has 1 unspecified atom stereocenters. The lowest BCUT2D eigenvalue weighted by Crippen LogP contribution is -2.09. The Morgan fingerprint density at radius 3 is 2.44 bits per heavy atom. The van der Waals surface area contributed by atoms with Crippen LogP contribution in [0.15, 0.2) is 6.20 Å². The number of aromatic amines is 1. The summed E-state index contributed by atoms with van der Waals surface area (Å²) in [6.07, 6.45) is -2.63. The van der Waals surface area contributed by atoms with Gasteiger partial charge in [-0.3, -0.25) is 0 Å². The van der Waals surface area contributed by atoms with Gasteiger partial charge in [0, 0.05) is 12.5 Å². The van der Waals surface area contributed by atoms with Gasteiger partial charge in [0.05, 0.1) is 6.20 Å². The van der Waals surface area contributed by atoms with E-state index in [1.807, 2.05) is 0 Å². The van der Waals surface area contributed by atoms with E-state index in [0.717, 1.165) is 19.2 Å². The van der Waals surface area contributed by atoms with E-state index in [9.17, 15) is 13.2 Å². The van der Waals surface area contributed by atoms with E-state index in [1.165, 1.54) is 0 Å². The fourth-order valence-corrected chi connectivity index (χ4v) is 1.58. The summed E-state index contributed by atoms with van der Waals surface area (Å²) < 4.78 is 36.6. The molecule has 0 saturated carbocycles. The standard InChI is InChI=1S/C8H10F3N3.2ClH/c9-8(10,11)6-4-13-7(14-6)5-1-2-12-3-5;;/h4-5,12H,1-3H2,(H,13,14);2*1H. The maximum absolute atomic E-state index is 12.2. The maximum Gasteiger partial charge on any atom is 0.432 e. The molecule has 2 N–H and O–H groups in total. The van der Waals surface area contributed by atoms with E-state index < -0.39 is 11.9 Å². The largest absolute Gasteiger partial charge is 0.432 e. The number of imidazole rings is 1. The first kappa shape index (κ1) is 15.5. The van der Waals surface area contributed by atoms with Gasteiger partial charge in [-0.05, 0) is 13.0 Å². The maximum atomic E-state index is 12.2. The first-order valence-electron chi connectivity index (χ1n) is 4.40. The summed E-state index contributed by atoms with van der Waals surface area (Å²) in [5, 5.41) is 3.08. The molecule has 2 rings (SSSR count). The van der Waals surface area contributed by atoms with E-state index >= 15 is 0 Å². The van der Waals surface area contributed by atoms with Crippen LogP contribution in [0.4, 0.5) is 13.2 Å². The molecule has 0 aromatic carbocycles. The van der Waals surface area contributed by atoms with Crippen molar-refractivity contribution in [2.45, 2.75) is 18.5 Å². The third-order valence-corrected chi connectivity index (χ3v) is 2.35. The van der Waals surface area contributed by atoms with Crippen LogP contribution >= 0.6 is 24.8 Å². The number of hydrogen-bond acceptors (Lipinski definition) is 2. The van der Waals surface area contributed by atoms with Crippen LogP contribution in [0.25, 0.3) is 0 Å². The van der Waals surface area contributed by atoms with E-state index in [1.54, 1.807) is 0 Å². The molecule has 1 aromatic heterocycles. The minimum Gasteiger partial charge on any atom is -0.338 e. The van der Waals surface area contributed by atoms with Gasteiger partial charge in [0.2, 0.25) is 0 Å². The number of hydrogen-bond donors (Lipinski definition) is 2. The summed E-state index contributed by atoms with van der Waals surface area (Å²) in [6, 6.07) is 0. The first-order valence-corrected chi connectivity index (χ1v) is 4.40. The molecule has 0 bridgehead atoms. The summed E-state index contributed by atoms with van der Waals surface area (Å²) in [5.74, 6) is 0.522. The average Bonchev–Trinajstić information content (AvgIpc) is 2.73. The Morgan fingerprint density at radius 1 is 1.31 bits per heavy atom. The molecule has 1 atom stereocenters.